The van der Waals surface area contributed by atoms with E-state index in [1.54, 1.807) is 0 Å². The molecule has 1 aromatic rings. The Morgan fingerprint density at radius 1 is 0.311 bits per heavy atom. The first-order valence-electron chi connectivity index (χ1n) is 20.3. The molecule has 0 saturated carbocycles. The van der Waals surface area contributed by atoms with Gasteiger partial charge in [0.05, 0.1) is 19.8 Å². The lowest BCUT2D eigenvalue weighted by Gasteiger charge is -2.17. The molecule has 264 valence electrons. The molecule has 0 heterocycles. The van der Waals surface area contributed by atoms with Crippen molar-refractivity contribution in [3.05, 3.63) is 18.2 Å². The maximum absolute atomic E-state index is 6.39. The van der Waals surface area contributed by atoms with E-state index < -0.39 is 0 Å². The van der Waals surface area contributed by atoms with Crippen LogP contribution in [0.25, 0.3) is 0 Å². The van der Waals surface area contributed by atoms with Gasteiger partial charge in [-0.1, -0.05) is 200 Å². The van der Waals surface area contributed by atoms with Gasteiger partial charge in [-0.2, -0.15) is 0 Å². The molecule has 0 aliphatic carbocycles. The van der Waals surface area contributed by atoms with Crippen molar-refractivity contribution in [2.75, 3.05) is 19.8 Å². The van der Waals surface area contributed by atoms with Crippen LogP contribution in [0.5, 0.6) is 17.2 Å². The van der Waals surface area contributed by atoms with Crippen LogP contribution in [-0.2, 0) is 0 Å². The van der Waals surface area contributed by atoms with Gasteiger partial charge in [0.1, 0.15) is 0 Å². The van der Waals surface area contributed by atoms with Gasteiger partial charge in [-0.25, -0.2) is 0 Å². The predicted molar refractivity (Wildman–Crippen MR) is 198 cm³/mol. The zero-order valence-electron chi connectivity index (χ0n) is 30.8. The first kappa shape index (κ1) is 41.6. The SMILES string of the molecule is CCCCCCCCCCCCOc1cccc(OCCCCCCCCCCCC)c1OCCCCCCCCCCCC. The van der Waals surface area contributed by atoms with E-state index in [1.807, 2.05) is 0 Å². The van der Waals surface area contributed by atoms with Gasteiger partial charge < -0.3 is 14.2 Å². The largest absolute Gasteiger partial charge is 0.490 e. The third-order valence-electron chi connectivity index (χ3n) is 9.20. The fourth-order valence-corrected chi connectivity index (χ4v) is 6.17. The van der Waals surface area contributed by atoms with Crippen molar-refractivity contribution in [1.82, 2.24) is 0 Å². The average Bonchev–Trinajstić information content (AvgIpc) is 3.05. The second-order valence-electron chi connectivity index (χ2n) is 13.7. The maximum Gasteiger partial charge on any atom is 0.203 e. The lowest BCUT2D eigenvalue weighted by Crippen LogP contribution is -2.06. The normalized spacial score (nSPS) is 11.3. The van der Waals surface area contributed by atoms with Crippen molar-refractivity contribution in [2.24, 2.45) is 0 Å². The van der Waals surface area contributed by atoms with Crippen LogP contribution in [0.4, 0.5) is 0 Å². The molecule has 0 fully saturated rings. The van der Waals surface area contributed by atoms with Crippen LogP contribution in [-0.4, -0.2) is 19.8 Å². The Morgan fingerprint density at radius 2 is 0.556 bits per heavy atom. The Labute approximate surface area is 282 Å². The van der Waals surface area contributed by atoms with E-state index in [9.17, 15) is 0 Å². The Bertz CT molecular complexity index is 674. The summed E-state index contributed by atoms with van der Waals surface area (Å²) in [5.74, 6) is 2.55. The smallest absolute Gasteiger partial charge is 0.203 e. The van der Waals surface area contributed by atoms with Gasteiger partial charge in [0.15, 0.2) is 11.5 Å². The summed E-state index contributed by atoms with van der Waals surface area (Å²) in [5.41, 5.74) is 0. The average molecular weight is 631 g/mol. The van der Waals surface area contributed by atoms with Gasteiger partial charge in [-0.3, -0.25) is 0 Å². The molecule has 0 aromatic heterocycles. The molecule has 0 saturated heterocycles. The van der Waals surface area contributed by atoms with Crippen LogP contribution in [0, 0.1) is 0 Å². The molecule has 0 aliphatic heterocycles. The minimum absolute atomic E-state index is 0.740. The topological polar surface area (TPSA) is 27.7 Å². The third kappa shape index (κ3) is 26.4. The summed E-state index contributed by atoms with van der Waals surface area (Å²) >= 11 is 0. The minimum Gasteiger partial charge on any atom is -0.490 e. The molecular weight excluding hydrogens is 552 g/mol. The van der Waals surface area contributed by atoms with Crippen molar-refractivity contribution in [3.63, 3.8) is 0 Å². The number of ether oxygens (including phenoxy) is 3. The molecular formula is C42H78O3. The highest BCUT2D eigenvalue weighted by Gasteiger charge is 2.13. The zero-order valence-corrected chi connectivity index (χ0v) is 30.8. The van der Waals surface area contributed by atoms with Crippen LogP contribution >= 0.6 is 0 Å². The molecule has 45 heavy (non-hydrogen) atoms. The molecule has 3 heteroatoms. The summed E-state index contributed by atoms with van der Waals surface area (Å²) in [6, 6.07) is 6.20. The van der Waals surface area contributed by atoms with Crippen LogP contribution in [0.3, 0.4) is 0 Å². The van der Waals surface area contributed by atoms with Gasteiger partial charge in [-0.15, -0.1) is 0 Å². The summed E-state index contributed by atoms with van der Waals surface area (Å²) in [6.45, 7) is 9.12. The number of benzene rings is 1. The van der Waals surface area contributed by atoms with Crippen molar-refractivity contribution in [2.45, 2.75) is 213 Å². The molecule has 0 bridgehead atoms. The second-order valence-corrected chi connectivity index (χ2v) is 13.7. The van der Waals surface area contributed by atoms with Crippen molar-refractivity contribution < 1.29 is 14.2 Å². The van der Waals surface area contributed by atoms with Crippen LogP contribution in [0.15, 0.2) is 18.2 Å². The first-order chi connectivity index (χ1) is 22.3. The maximum atomic E-state index is 6.39. The van der Waals surface area contributed by atoms with Crippen LogP contribution in [0.1, 0.15) is 213 Å². The van der Waals surface area contributed by atoms with Crippen LogP contribution < -0.4 is 14.2 Å². The third-order valence-corrected chi connectivity index (χ3v) is 9.20. The molecule has 0 aliphatic rings. The van der Waals surface area contributed by atoms with E-state index in [2.05, 4.69) is 39.0 Å². The second kappa shape index (κ2) is 34.0. The van der Waals surface area contributed by atoms with Crippen molar-refractivity contribution >= 4 is 0 Å². The van der Waals surface area contributed by atoms with Gasteiger partial charge in [-0.05, 0) is 31.4 Å². The van der Waals surface area contributed by atoms with E-state index in [4.69, 9.17) is 14.2 Å². The Morgan fingerprint density at radius 3 is 0.844 bits per heavy atom. The Kier molecular flexibility index (Phi) is 31.4. The Balaban J connectivity index is 2.39. The summed E-state index contributed by atoms with van der Waals surface area (Å²) in [7, 11) is 0. The highest BCUT2D eigenvalue weighted by molar-refractivity contribution is 5.51. The Hall–Kier alpha value is -1.38. The number of hydrogen-bond acceptors (Lipinski definition) is 3. The lowest BCUT2D eigenvalue weighted by atomic mass is 10.1. The standard InChI is InChI=1S/C42H78O3/c1-4-7-10-13-16-19-22-25-28-31-37-43-40-35-34-36-41(44-38-32-29-26-23-20-17-14-11-8-5-2)42(40)45-39-33-30-27-24-21-18-15-12-9-6-3/h34-36H,4-33,37-39H2,1-3H3. The fraction of sp³-hybridized carbons (Fsp3) is 0.857. The van der Waals surface area contributed by atoms with Gasteiger partial charge in [0, 0.05) is 0 Å². The molecule has 0 radical (unpaired) electrons. The van der Waals surface area contributed by atoms with E-state index in [0.29, 0.717) is 0 Å². The van der Waals surface area contributed by atoms with Gasteiger partial charge in [0.2, 0.25) is 5.75 Å². The van der Waals surface area contributed by atoms with Gasteiger partial charge >= 0.3 is 0 Å². The summed E-state index contributed by atoms with van der Waals surface area (Å²) in [6.07, 6.45) is 40.1. The van der Waals surface area contributed by atoms with E-state index in [0.717, 1.165) is 56.3 Å². The van der Waals surface area contributed by atoms with E-state index in [-0.39, 0.29) is 0 Å². The van der Waals surface area contributed by atoms with Crippen molar-refractivity contribution in [1.29, 1.82) is 0 Å². The number of rotatable bonds is 36. The first-order valence-corrected chi connectivity index (χ1v) is 20.3. The molecule has 3 nitrogen and oxygen atoms in total. The molecule has 0 amide bonds. The van der Waals surface area contributed by atoms with Crippen LogP contribution in [0.2, 0.25) is 0 Å². The lowest BCUT2D eigenvalue weighted by molar-refractivity contribution is 0.234. The number of unbranched alkanes of at least 4 members (excludes halogenated alkanes) is 27. The number of hydrogen-bond donors (Lipinski definition) is 0. The molecule has 0 spiro atoms. The summed E-state index contributed by atoms with van der Waals surface area (Å²) in [5, 5.41) is 0. The highest BCUT2D eigenvalue weighted by Crippen LogP contribution is 2.38. The minimum atomic E-state index is 0.740. The molecule has 0 unspecified atom stereocenters. The monoisotopic (exact) mass is 631 g/mol. The van der Waals surface area contributed by atoms with E-state index >= 15 is 0 Å². The van der Waals surface area contributed by atoms with Gasteiger partial charge in [0.25, 0.3) is 0 Å². The summed E-state index contributed by atoms with van der Waals surface area (Å²) < 4.78 is 19.0. The molecule has 1 aromatic carbocycles. The molecule has 0 atom stereocenters. The number of para-hydroxylation sites is 1. The van der Waals surface area contributed by atoms with E-state index in [1.165, 1.54) is 173 Å². The zero-order chi connectivity index (χ0) is 32.3. The highest BCUT2D eigenvalue weighted by atomic mass is 16.5. The quantitative estimate of drug-likeness (QED) is 0.0690. The predicted octanol–water partition coefficient (Wildman–Crippen LogP) is 14.6. The van der Waals surface area contributed by atoms with Crippen molar-refractivity contribution in [3.8, 4) is 17.2 Å². The molecule has 0 N–H and O–H groups in total. The summed E-state index contributed by atoms with van der Waals surface area (Å²) in [4.78, 5) is 0. The fourth-order valence-electron chi connectivity index (χ4n) is 6.17. The molecule has 1 rings (SSSR count).